The first-order valence-electron chi connectivity index (χ1n) is 11.0. The molecule has 180 valence electrons. The third-order valence-corrected chi connectivity index (χ3v) is 4.77. The SMILES string of the molecule is COCCCOc1ccccc1C(=O)NCC(CC(C=O)OC(=O)NC(C)(C)C)C(C)C. The quantitative estimate of drug-likeness (QED) is 0.352. The van der Waals surface area contributed by atoms with Crippen LogP contribution < -0.4 is 15.4 Å². The number of amides is 2. The maximum absolute atomic E-state index is 12.8. The molecule has 1 aromatic carbocycles. The highest BCUT2D eigenvalue weighted by atomic mass is 16.6. The maximum Gasteiger partial charge on any atom is 0.408 e. The number of alkyl carbamates (subject to hydrolysis) is 1. The van der Waals surface area contributed by atoms with E-state index in [1.54, 1.807) is 25.3 Å². The van der Waals surface area contributed by atoms with Crippen molar-refractivity contribution in [3.63, 3.8) is 0 Å². The summed E-state index contributed by atoms with van der Waals surface area (Å²) in [5.74, 6) is 0.348. The first kappa shape index (κ1) is 27.4. The van der Waals surface area contributed by atoms with Gasteiger partial charge in [-0.25, -0.2) is 4.79 Å². The predicted octanol–water partition coefficient (Wildman–Crippen LogP) is 3.59. The summed E-state index contributed by atoms with van der Waals surface area (Å²) in [6, 6.07) is 7.06. The number of para-hydroxylation sites is 1. The second-order valence-corrected chi connectivity index (χ2v) is 9.10. The van der Waals surface area contributed by atoms with Crippen molar-refractivity contribution in [2.75, 3.05) is 26.9 Å². The second-order valence-electron chi connectivity index (χ2n) is 9.10. The summed E-state index contributed by atoms with van der Waals surface area (Å²) in [5.41, 5.74) is -0.0187. The summed E-state index contributed by atoms with van der Waals surface area (Å²) in [5, 5.41) is 5.61. The molecule has 0 aliphatic heterocycles. The van der Waals surface area contributed by atoms with E-state index >= 15 is 0 Å². The average molecular weight is 451 g/mol. The van der Waals surface area contributed by atoms with Crippen molar-refractivity contribution in [2.24, 2.45) is 11.8 Å². The lowest BCUT2D eigenvalue weighted by Gasteiger charge is -2.26. The van der Waals surface area contributed by atoms with Crippen molar-refractivity contribution < 1.29 is 28.6 Å². The highest BCUT2D eigenvalue weighted by molar-refractivity contribution is 5.96. The molecule has 8 nitrogen and oxygen atoms in total. The number of carbonyl (C=O) groups is 3. The van der Waals surface area contributed by atoms with Gasteiger partial charge in [-0.05, 0) is 51.2 Å². The van der Waals surface area contributed by atoms with Crippen LogP contribution >= 0.6 is 0 Å². The lowest BCUT2D eigenvalue weighted by atomic mass is 9.90. The van der Waals surface area contributed by atoms with E-state index in [4.69, 9.17) is 14.2 Å². The maximum atomic E-state index is 12.8. The smallest absolute Gasteiger partial charge is 0.408 e. The number of rotatable bonds is 13. The molecular weight excluding hydrogens is 412 g/mol. The number of ether oxygens (including phenoxy) is 3. The largest absolute Gasteiger partial charge is 0.493 e. The van der Waals surface area contributed by atoms with Crippen LogP contribution in [0.2, 0.25) is 0 Å². The van der Waals surface area contributed by atoms with Gasteiger partial charge in [0.2, 0.25) is 0 Å². The number of hydrogen-bond donors (Lipinski definition) is 2. The Kier molecular flexibility index (Phi) is 11.8. The molecule has 0 saturated heterocycles. The Morgan fingerprint density at radius 1 is 1.12 bits per heavy atom. The summed E-state index contributed by atoms with van der Waals surface area (Å²) >= 11 is 0. The first-order valence-corrected chi connectivity index (χ1v) is 11.0. The zero-order valence-electron chi connectivity index (χ0n) is 20.1. The Hall–Kier alpha value is -2.61. The minimum absolute atomic E-state index is 0.0635. The Bertz CT molecular complexity index is 729. The van der Waals surface area contributed by atoms with Crippen molar-refractivity contribution >= 4 is 18.3 Å². The van der Waals surface area contributed by atoms with Gasteiger partial charge in [-0.15, -0.1) is 0 Å². The number of carbonyl (C=O) groups excluding carboxylic acids is 3. The molecule has 32 heavy (non-hydrogen) atoms. The molecule has 0 fully saturated rings. The molecule has 0 aliphatic carbocycles. The van der Waals surface area contributed by atoms with Gasteiger partial charge in [0.1, 0.15) is 5.75 Å². The summed E-state index contributed by atoms with van der Waals surface area (Å²) in [6.45, 7) is 10.9. The van der Waals surface area contributed by atoms with Gasteiger partial charge >= 0.3 is 6.09 Å². The van der Waals surface area contributed by atoms with E-state index < -0.39 is 17.7 Å². The van der Waals surface area contributed by atoms with Gasteiger partial charge in [0.15, 0.2) is 12.4 Å². The molecular formula is C24H38N2O6. The third-order valence-electron chi connectivity index (χ3n) is 4.77. The Labute approximate surface area is 191 Å². The Balaban J connectivity index is 2.71. The summed E-state index contributed by atoms with van der Waals surface area (Å²) in [4.78, 5) is 36.3. The van der Waals surface area contributed by atoms with Gasteiger partial charge in [-0.2, -0.15) is 0 Å². The highest BCUT2D eigenvalue weighted by Gasteiger charge is 2.25. The second kappa shape index (κ2) is 13.7. The van der Waals surface area contributed by atoms with Gasteiger partial charge in [0.05, 0.1) is 12.2 Å². The molecule has 1 aromatic rings. The van der Waals surface area contributed by atoms with Crippen LogP contribution in [0.5, 0.6) is 5.75 Å². The molecule has 2 unspecified atom stereocenters. The van der Waals surface area contributed by atoms with E-state index in [9.17, 15) is 14.4 Å². The molecule has 0 aromatic heterocycles. The van der Waals surface area contributed by atoms with Crippen LogP contribution in [0.4, 0.5) is 4.79 Å². The van der Waals surface area contributed by atoms with Crippen molar-refractivity contribution in [1.29, 1.82) is 0 Å². The predicted molar refractivity (Wildman–Crippen MR) is 123 cm³/mol. The molecule has 0 saturated carbocycles. The molecule has 1 rings (SSSR count). The van der Waals surface area contributed by atoms with Crippen LogP contribution in [0.15, 0.2) is 24.3 Å². The van der Waals surface area contributed by atoms with Crippen LogP contribution in [0.25, 0.3) is 0 Å². The van der Waals surface area contributed by atoms with Gasteiger partial charge in [-0.3, -0.25) is 9.59 Å². The molecule has 2 amide bonds. The van der Waals surface area contributed by atoms with E-state index in [0.29, 0.717) is 43.8 Å². The molecule has 0 spiro atoms. The zero-order chi connectivity index (χ0) is 24.1. The fourth-order valence-corrected chi connectivity index (χ4v) is 2.98. The fraction of sp³-hybridized carbons (Fsp3) is 0.625. The highest BCUT2D eigenvalue weighted by Crippen LogP contribution is 2.21. The topological polar surface area (TPSA) is 103 Å². The van der Waals surface area contributed by atoms with Crippen LogP contribution in [-0.2, 0) is 14.3 Å². The average Bonchev–Trinajstić information content (AvgIpc) is 2.71. The first-order chi connectivity index (χ1) is 15.1. The standard InChI is InChI=1S/C24H38N2O6/c1-17(2)18(14-19(16-27)32-23(29)26-24(3,4)5)15-25-22(28)20-10-7-8-11-21(20)31-13-9-12-30-6/h7-8,10-11,16-19H,9,12-15H2,1-6H3,(H,25,28)(H,26,29). The van der Waals surface area contributed by atoms with Crippen molar-refractivity contribution in [3.8, 4) is 5.75 Å². The van der Waals surface area contributed by atoms with E-state index in [1.807, 2.05) is 40.7 Å². The van der Waals surface area contributed by atoms with Gasteiger partial charge in [-0.1, -0.05) is 26.0 Å². The molecule has 0 bridgehead atoms. The number of methoxy groups -OCH3 is 1. The molecule has 2 N–H and O–H groups in total. The van der Waals surface area contributed by atoms with Crippen LogP contribution in [0.1, 0.15) is 57.8 Å². The lowest BCUT2D eigenvalue weighted by Crippen LogP contribution is -2.43. The van der Waals surface area contributed by atoms with E-state index in [0.717, 1.165) is 6.42 Å². The van der Waals surface area contributed by atoms with Gasteiger partial charge in [0.25, 0.3) is 5.91 Å². The minimum atomic E-state index is -0.891. The zero-order valence-corrected chi connectivity index (χ0v) is 20.1. The van der Waals surface area contributed by atoms with Crippen LogP contribution in [-0.4, -0.2) is 56.8 Å². The lowest BCUT2D eigenvalue weighted by molar-refractivity contribution is -0.116. The molecule has 8 heteroatoms. The monoisotopic (exact) mass is 450 g/mol. The molecule has 0 radical (unpaired) electrons. The number of hydrogen-bond acceptors (Lipinski definition) is 6. The van der Waals surface area contributed by atoms with Crippen molar-refractivity contribution in [1.82, 2.24) is 10.6 Å². The summed E-state index contributed by atoms with van der Waals surface area (Å²) in [6.07, 6.45) is 0.132. The van der Waals surface area contributed by atoms with E-state index in [-0.39, 0.29) is 17.7 Å². The third kappa shape index (κ3) is 10.6. The minimum Gasteiger partial charge on any atom is -0.493 e. The van der Waals surface area contributed by atoms with Crippen molar-refractivity contribution in [2.45, 2.75) is 59.1 Å². The van der Waals surface area contributed by atoms with Crippen LogP contribution in [0, 0.1) is 11.8 Å². The normalized spacial score (nSPS) is 13.2. The number of aldehydes is 1. The summed E-state index contributed by atoms with van der Waals surface area (Å²) in [7, 11) is 1.63. The van der Waals surface area contributed by atoms with Gasteiger partial charge in [0, 0.05) is 32.2 Å². The van der Waals surface area contributed by atoms with Crippen molar-refractivity contribution in [3.05, 3.63) is 29.8 Å². The molecule has 2 atom stereocenters. The number of nitrogens with one attached hydrogen (secondary N) is 2. The summed E-state index contributed by atoms with van der Waals surface area (Å²) < 4.78 is 16.0. The fourth-order valence-electron chi connectivity index (χ4n) is 2.98. The van der Waals surface area contributed by atoms with E-state index in [2.05, 4.69) is 10.6 Å². The number of benzene rings is 1. The molecule has 0 heterocycles. The van der Waals surface area contributed by atoms with Gasteiger partial charge < -0.3 is 24.8 Å². The molecule has 0 aliphatic rings. The van der Waals surface area contributed by atoms with Crippen LogP contribution in [0.3, 0.4) is 0 Å². The Morgan fingerprint density at radius 3 is 2.41 bits per heavy atom. The van der Waals surface area contributed by atoms with E-state index in [1.165, 1.54) is 0 Å². The Morgan fingerprint density at radius 2 is 1.81 bits per heavy atom.